The van der Waals surface area contributed by atoms with Gasteiger partial charge in [-0.15, -0.1) is 0 Å². The molecule has 0 fully saturated rings. The molecule has 2 aromatic carbocycles. The lowest BCUT2D eigenvalue weighted by molar-refractivity contribution is 0.0958. The van der Waals surface area contributed by atoms with Gasteiger partial charge in [0.2, 0.25) is 0 Å². The highest BCUT2D eigenvalue weighted by Gasteiger charge is 2.01. The number of benzene rings is 2. The lowest BCUT2D eigenvalue weighted by Gasteiger charge is -2.00. The van der Waals surface area contributed by atoms with Crippen LogP contribution >= 0.6 is 11.6 Å². The fourth-order valence-corrected chi connectivity index (χ4v) is 1.70. The molecule has 0 unspecified atom stereocenters. The molecule has 1 amide bonds. The van der Waals surface area contributed by atoms with Crippen LogP contribution in [0, 0.1) is 11.8 Å². The van der Waals surface area contributed by atoms with Gasteiger partial charge in [0.1, 0.15) is 0 Å². The Morgan fingerprint density at radius 3 is 2.47 bits per heavy atom. The van der Waals surface area contributed by atoms with Crippen LogP contribution in [-0.2, 0) is 0 Å². The Morgan fingerprint density at radius 2 is 1.74 bits per heavy atom. The monoisotopic (exact) mass is 269 g/mol. The highest BCUT2D eigenvalue weighted by Crippen LogP contribution is 2.12. The molecule has 0 aliphatic heterocycles. The topological polar surface area (TPSA) is 29.1 Å². The molecule has 0 spiro atoms. The van der Waals surface area contributed by atoms with Gasteiger partial charge in [0.05, 0.1) is 11.6 Å². The van der Waals surface area contributed by atoms with Crippen molar-refractivity contribution in [2.75, 3.05) is 6.54 Å². The lowest BCUT2D eigenvalue weighted by atomic mass is 10.2. The van der Waals surface area contributed by atoms with Crippen LogP contribution in [0.2, 0.25) is 5.02 Å². The molecule has 1 N–H and O–H groups in total. The highest BCUT2D eigenvalue weighted by atomic mass is 35.5. The van der Waals surface area contributed by atoms with E-state index in [1.807, 2.05) is 36.4 Å². The van der Waals surface area contributed by atoms with Crippen LogP contribution in [0.15, 0.2) is 54.6 Å². The van der Waals surface area contributed by atoms with Crippen LogP contribution in [0.3, 0.4) is 0 Å². The SMILES string of the molecule is O=C(NCC#Cc1ccccc1Cl)c1ccccc1. The van der Waals surface area contributed by atoms with Crippen LogP contribution in [0.5, 0.6) is 0 Å². The molecule has 0 radical (unpaired) electrons. The van der Waals surface area contributed by atoms with Gasteiger partial charge < -0.3 is 5.32 Å². The number of nitrogens with one attached hydrogen (secondary N) is 1. The zero-order valence-electron chi connectivity index (χ0n) is 10.2. The molecule has 0 bridgehead atoms. The van der Waals surface area contributed by atoms with E-state index in [2.05, 4.69) is 17.2 Å². The average Bonchev–Trinajstić information content (AvgIpc) is 2.46. The summed E-state index contributed by atoms with van der Waals surface area (Å²) in [5.41, 5.74) is 1.39. The van der Waals surface area contributed by atoms with E-state index in [4.69, 9.17) is 11.6 Å². The van der Waals surface area contributed by atoms with Gasteiger partial charge in [-0.1, -0.05) is 53.8 Å². The van der Waals surface area contributed by atoms with E-state index in [1.165, 1.54) is 0 Å². The minimum atomic E-state index is -0.131. The number of hydrogen-bond acceptors (Lipinski definition) is 1. The van der Waals surface area contributed by atoms with Crippen molar-refractivity contribution in [3.63, 3.8) is 0 Å². The molecule has 0 atom stereocenters. The molecule has 2 aromatic rings. The van der Waals surface area contributed by atoms with Crippen molar-refractivity contribution >= 4 is 17.5 Å². The predicted octanol–water partition coefficient (Wildman–Crippen LogP) is 3.12. The summed E-state index contributed by atoms with van der Waals surface area (Å²) in [6, 6.07) is 16.4. The minimum absolute atomic E-state index is 0.131. The van der Waals surface area contributed by atoms with Crippen molar-refractivity contribution in [3.8, 4) is 11.8 Å². The first-order valence-electron chi connectivity index (χ1n) is 5.84. The molecule has 94 valence electrons. The lowest BCUT2D eigenvalue weighted by Crippen LogP contribution is -2.23. The van der Waals surface area contributed by atoms with Crippen LogP contribution in [0.1, 0.15) is 15.9 Å². The first-order valence-corrected chi connectivity index (χ1v) is 6.22. The van der Waals surface area contributed by atoms with Gasteiger partial charge in [0.15, 0.2) is 0 Å². The Kier molecular flexibility index (Phi) is 4.60. The second kappa shape index (κ2) is 6.63. The standard InChI is InChI=1S/C16H12ClNO/c17-15-11-5-4-7-13(15)10-6-12-18-16(19)14-8-2-1-3-9-14/h1-5,7-9,11H,12H2,(H,18,19). The maximum Gasteiger partial charge on any atom is 0.252 e. The molecule has 0 aromatic heterocycles. The summed E-state index contributed by atoms with van der Waals surface area (Å²) in [7, 11) is 0. The molecular formula is C16H12ClNO. The molecule has 0 heterocycles. The Balaban J connectivity index is 1.92. The molecule has 0 aliphatic rings. The molecular weight excluding hydrogens is 258 g/mol. The van der Waals surface area contributed by atoms with Crippen LogP contribution < -0.4 is 5.32 Å². The van der Waals surface area contributed by atoms with E-state index in [-0.39, 0.29) is 5.91 Å². The Hall–Kier alpha value is -2.24. The van der Waals surface area contributed by atoms with Crippen molar-refractivity contribution < 1.29 is 4.79 Å². The quantitative estimate of drug-likeness (QED) is 0.834. The molecule has 0 saturated heterocycles. The Labute approximate surface area is 117 Å². The molecule has 19 heavy (non-hydrogen) atoms. The van der Waals surface area contributed by atoms with Gasteiger partial charge in [-0.25, -0.2) is 0 Å². The average molecular weight is 270 g/mol. The third-order valence-electron chi connectivity index (χ3n) is 2.47. The number of halogens is 1. The molecule has 3 heteroatoms. The molecule has 0 saturated carbocycles. The van der Waals surface area contributed by atoms with Gasteiger partial charge in [-0.05, 0) is 24.3 Å². The number of hydrogen-bond donors (Lipinski definition) is 1. The zero-order chi connectivity index (χ0) is 13.5. The summed E-state index contributed by atoms with van der Waals surface area (Å²) < 4.78 is 0. The Bertz CT molecular complexity index is 626. The van der Waals surface area contributed by atoms with E-state index in [1.54, 1.807) is 18.2 Å². The smallest absolute Gasteiger partial charge is 0.252 e. The second-order valence-corrected chi connectivity index (χ2v) is 4.24. The summed E-state index contributed by atoms with van der Waals surface area (Å²) in [5, 5.41) is 3.35. The van der Waals surface area contributed by atoms with Crippen molar-refractivity contribution in [3.05, 3.63) is 70.7 Å². The maximum absolute atomic E-state index is 11.7. The number of rotatable bonds is 2. The number of carbonyl (C=O) groups is 1. The number of amides is 1. The van der Waals surface area contributed by atoms with Crippen molar-refractivity contribution in [1.82, 2.24) is 5.32 Å². The molecule has 2 nitrogen and oxygen atoms in total. The van der Waals surface area contributed by atoms with Crippen molar-refractivity contribution in [2.24, 2.45) is 0 Å². The van der Waals surface area contributed by atoms with Gasteiger partial charge in [0.25, 0.3) is 5.91 Å². The van der Waals surface area contributed by atoms with E-state index in [0.717, 1.165) is 5.56 Å². The van der Waals surface area contributed by atoms with Gasteiger partial charge in [0, 0.05) is 11.1 Å². The van der Waals surface area contributed by atoms with Crippen molar-refractivity contribution in [1.29, 1.82) is 0 Å². The maximum atomic E-state index is 11.7. The zero-order valence-corrected chi connectivity index (χ0v) is 10.9. The summed E-state index contributed by atoms with van der Waals surface area (Å²) in [6.45, 7) is 0.291. The second-order valence-electron chi connectivity index (χ2n) is 3.83. The predicted molar refractivity (Wildman–Crippen MR) is 77.1 cm³/mol. The Morgan fingerprint density at radius 1 is 1.05 bits per heavy atom. The summed E-state index contributed by atoms with van der Waals surface area (Å²) in [6.07, 6.45) is 0. The third kappa shape index (κ3) is 3.87. The van der Waals surface area contributed by atoms with E-state index >= 15 is 0 Å². The third-order valence-corrected chi connectivity index (χ3v) is 2.80. The fourth-order valence-electron chi connectivity index (χ4n) is 1.52. The first-order chi connectivity index (χ1) is 9.27. The van der Waals surface area contributed by atoms with E-state index in [0.29, 0.717) is 17.1 Å². The summed E-state index contributed by atoms with van der Waals surface area (Å²) in [4.78, 5) is 11.7. The summed E-state index contributed by atoms with van der Waals surface area (Å²) in [5.74, 6) is 5.67. The van der Waals surface area contributed by atoms with Gasteiger partial charge in [-0.2, -0.15) is 0 Å². The molecule has 0 aliphatic carbocycles. The number of carbonyl (C=O) groups excluding carboxylic acids is 1. The fraction of sp³-hybridized carbons (Fsp3) is 0.0625. The van der Waals surface area contributed by atoms with Crippen LogP contribution in [0.4, 0.5) is 0 Å². The highest BCUT2D eigenvalue weighted by molar-refractivity contribution is 6.31. The first kappa shape index (κ1) is 13.2. The largest absolute Gasteiger partial charge is 0.341 e. The van der Waals surface area contributed by atoms with E-state index in [9.17, 15) is 4.79 Å². The van der Waals surface area contributed by atoms with Crippen LogP contribution in [-0.4, -0.2) is 12.5 Å². The molecule has 2 rings (SSSR count). The normalized spacial score (nSPS) is 9.32. The van der Waals surface area contributed by atoms with Gasteiger partial charge in [-0.3, -0.25) is 4.79 Å². The van der Waals surface area contributed by atoms with E-state index < -0.39 is 0 Å². The van der Waals surface area contributed by atoms with Crippen molar-refractivity contribution in [2.45, 2.75) is 0 Å². The minimum Gasteiger partial charge on any atom is -0.341 e. The van der Waals surface area contributed by atoms with Crippen LogP contribution in [0.25, 0.3) is 0 Å². The summed E-state index contributed by atoms with van der Waals surface area (Å²) >= 11 is 5.97. The van der Waals surface area contributed by atoms with Gasteiger partial charge >= 0.3 is 0 Å².